The highest BCUT2D eigenvalue weighted by Gasteiger charge is 2.22. The third kappa shape index (κ3) is 4.70. The first-order valence-electron chi connectivity index (χ1n) is 7.53. The fourth-order valence-corrected chi connectivity index (χ4v) is 2.69. The Hall–Kier alpha value is -1.10. The molecule has 1 aromatic carbocycles. The molecule has 1 aliphatic heterocycles. The van der Waals surface area contributed by atoms with Gasteiger partial charge in [0, 0.05) is 24.7 Å². The predicted octanol–water partition coefficient (Wildman–Crippen LogP) is 2.36. The van der Waals surface area contributed by atoms with Gasteiger partial charge in [-0.15, -0.1) is 0 Å². The summed E-state index contributed by atoms with van der Waals surface area (Å²) in [6.45, 7) is 3.91. The molecule has 1 saturated heterocycles. The number of carbonyl (C=O) groups excluding carboxylic acids is 1. The summed E-state index contributed by atoms with van der Waals surface area (Å²) < 4.78 is 0. The second kappa shape index (κ2) is 7.78. The molecule has 0 radical (unpaired) electrons. The molecule has 0 bridgehead atoms. The molecule has 116 valence electrons. The number of nitrogens with one attached hydrogen (secondary N) is 1. The minimum atomic E-state index is -0.640. The maximum Gasteiger partial charge on any atom is 0.239 e. The first-order chi connectivity index (χ1) is 10.1. The van der Waals surface area contributed by atoms with E-state index >= 15 is 0 Å². The Balaban J connectivity index is 1.81. The molecule has 0 aromatic heterocycles. The van der Waals surface area contributed by atoms with Crippen LogP contribution in [0, 0.1) is 0 Å². The smallest absolute Gasteiger partial charge is 0.239 e. The van der Waals surface area contributed by atoms with Crippen molar-refractivity contribution in [3.8, 4) is 0 Å². The van der Waals surface area contributed by atoms with Crippen LogP contribution in [0.4, 0.5) is 0 Å². The number of rotatable bonds is 5. The molecule has 1 heterocycles. The van der Waals surface area contributed by atoms with Gasteiger partial charge in [-0.05, 0) is 43.9 Å². The molecule has 0 saturated carbocycles. The molecule has 21 heavy (non-hydrogen) atoms. The molecular weight excluding hydrogens is 288 g/mol. The SMILES string of the molecule is CC(NCC(O)c1ccc(Cl)cc1)C(=O)N1CCCCC1. The highest BCUT2D eigenvalue weighted by Crippen LogP contribution is 2.16. The Labute approximate surface area is 131 Å². The number of aliphatic hydroxyl groups excluding tert-OH is 1. The number of halogens is 1. The summed E-state index contributed by atoms with van der Waals surface area (Å²) in [5.41, 5.74) is 0.796. The average molecular weight is 311 g/mol. The van der Waals surface area contributed by atoms with E-state index in [9.17, 15) is 9.90 Å². The van der Waals surface area contributed by atoms with Crippen LogP contribution in [0.2, 0.25) is 5.02 Å². The number of hydrogen-bond acceptors (Lipinski definition) is 3. The van der Waals surface area contributed by atoms with Gasteiger partial charge in [0.15, 0.2) is 0 Å². The topological polar surface area (TPSA) is 52.6 Å². The predicted molar refractivity (Wildman–Crippen MR) is 84.3 cm³/mol. The molecule has 2 unspecified atom stereocenters. The molecule has 2 atom stereocenters. The van der Waals surface area contributed by atoms with Gasteiger partial charge in [-0.2, -0.15) is 0 Å². The van der Waals surface area contributed by atoms with Crippen LogP contribution in [0.5, 0.6) is 0 Å². The van der Waals surface area contributed by atoms with Crippen molar-refractivity contribution >= 4 is 17.5 Å². The highest BCUT2D eigenvalue weighted by atomic mass is 35.5. The van der Waals surface area contributed by atoms with Crippen molar-refractivity contribution < 1.29 is 9.90 Å². The van der Waals surface area contributed by atoms with Crippen molar-refractivity contribution in [2.45, 2.75) is 38.3 Å². The lowest BCUT2D eigenvalue weighted by molar-refractivity contribution is -0.134. The largest absolute Gasteiger partial charge is 0.387 e. The number of amides is 1. The number of benzene rings is 1. The summed E-state index contributed by atoms with van der Waals surface area (Å²) in [5.74, 6) is 0.123. The molecule has 2 rings (SSSR count). The summed E-state index contributed by atoms with van der Waals surface area (Å²) in [6.07, 6.45) is 2.75. The van der Waals surface area contributed by atoms with E-state index in [0.717, 1.165) is 31.5 Å². The van der Waals surface area contributed by atoms with Crippen LogP contribution in [0.3, 0.4) is 0 Å². The van der Waals surface area contributed by atoms with Gasteiger partial charge in [0.2, 0.25) is 5.91 Å². The van der Waals surface area contributed by atoms with Crippen molar-refractivity contribution in [1.82, 2.24) is 10.2 Å². The molecule has 0 aliphatic carbocycles. The van der Waals surface area contributed by atoms with Crippen LogP contribution in [-0.4, -0.2) is 41.6 Å². The Morgan fingerprint density at radius 3 is 2.52 bits per heavy atom. The van der Waals surface area contributed by atoms with E-state index in [4.69, 9.17) is 11.6 Å². The molecule has 2 N–H and O–H groups in total. The van der Waals surface area contributed by atoms with E-state index in [1.165, 1.54) is 6.42 Å². The minimum Gasteiger partial charge on any atom is -0.387 e. The molecule has 5 heteroatoms. The molecule has 1 amide bonds. The van der Waals surface area contributed by atoms with Crippen molar-refractivity contribution in [2.75, 3.05) is 19.6 Å². The maximum absolute atomic E-state index is 12.3. The Morgan fingerprint density at radius 1 is 1.29 bits per heavy atom. The van der Waals surface area contributed by atoms with Crippen LogP contribution in [-0.2, 0) is 4.79 Å². The van der Waals surface area contributed by atoms with Crippen LogP contribution in [0.25, 0.3) is 0 Å². The number of nitrogens with zero attached hydrogens (tertiary/aromatic N) is 1. The van der Waals surface area contributed by atoms with E-state index in [1.54, 1.807) is 24.3 Å². The number of piperidine rings is 1. The zero-order valence-electron chi connectivity index (χ0n) is 12.4. The van der Waals surface area contributed by atoms with Gasteiger partial charge in [-0.25, -0.2) is 0 Å². The normalized spacial score (nSPS) is 18.3. The molecule has 1 aromatic rings. The van der Waals surface area contributed by atoms with E-state index in [2.05, 4.69) is 5.32 Å². The zero-order valence-corrected chi connectivity index (χ0v) is 13.1. The Morgan fingerprint density at radius 2 is 1.90 bits per heavy atom. The standard InChI is InChI=1S/C16H23ClN2O2/c1-12(16(21)19-9-3-2-4-10-19)18-11-15(20)13-5-7-14(17)8-6-13/h5-8,12,15,18,20H,2-4,9-11H2,1H3. The van der Waals surface area contributed by atoms with Gasteiger partial charge in [0.25, 0.3) is 0 Å². The first kappa shape index (κ1) is 16.3. The highest BCUT2D eigenvalue weighted by molar-refractivity contribution is 6.30. The zero-order chi connectivity index (χ0) is 15.2. The van der Waals surface area contributed by atoms with E-state index < -0.39 is 6.10 Å². The quantitative estimate of drug-likeness (QED) is 0.878. The summed E-state index contributed by atoms with van der Waals surface area (Å²) in [6, 6.07) is 6.83. The molecule has 4 nitrogen and oxygen atoms in total. The van der Waals surface area contributed by atoms with Crippen molar-refractivity contribution in [2.24, 2.45) is 0 Å². The van der Waals surface area contributed by atoms with Gasteiger partial charge in [0.1, 0.15) is 0 Å². The number of hydrogen-bond donors (Lipinski definition) is 2. The average Bonchev–Trinajstić information content (AvgIpc) is 2.53. The second-order valence-corrected chi connectivity index (χ2v) is 6.02. The van der Waals surface area contributed by atoms with Crippen LogP contribution < -0.4 is 5.32 Å². The van der Waals surface area contributed by atoms with Gasteiger partial charge in [0.05, 0.1) is 12.1 Å². The number of carbonyl (C=O) groups is 1. The molecular formula is C16H23ClN2O2. The lowest BCUT2D eigenvalue weighted by Gasteiger charge is -2.29. The number of aliphatic hydroxyl groups is 1. The molecule has 0 spiro atoms. The Bertz CT molecular complexity index is 458. The lowest BCUT2D eigenvalue weighted by atomic mass is 10.1. The van der Waals surface area contributed by atoms with Crippen LogP contribution in [0.15, 0.2) is 24.3 Å². The van der Waals surface area contributed by atoms with Crippen molar-refractivity contribution in [3.63, 3.8) is 0 Å². The van der Waals surface area contributed by atoms with E-state index in [0.29, 0.717) is 11.6 Å². The summed E-state index contributed by atoms with van der Waals surface area (Å²) in [7, 11) is 0. The second-order valence-electron chi connectivity index (χ2n) is 5.58. The van der Waals surface area contributed by atoms with Crippen molar-refractivity contribution in [3.05, 3.63) is 34.9 Å². The maximum atomic E-state index is 12.3. The fraction of sp³-hybridized carbons (Fsp3) is 0.562. The van der Waals surface area contributed by atoms with Crippen LogP contribution >= 0.6 is 11.6 Å². The Kier molecular flexibility index (Phi) is 6.03. The van der Waals surface area contributed by atoms with Gasteiger partial charge in [-0.3, -0.25) is 4.79 Å². The third-order valence-corrected chi connectivity index (χ3v) is 4.16. The molecule has 1 aliphatic rings. The monoisotopic (exact) mass is 310 g/mol. The van der Waals surface area contributed by atoms with Gasteiger partial charge in [-0.1, -0.05) is 23.7 Å². The minimum absolute atomic E-state index is 0.123. The van der Waals surface area contributed by atoms with E-state index in [-0.39, 0.29) is 11.9 Å². The van der Waals surface area contributed by atoms with Crippen LogP contribution in [0.1, 0.15) is 37.9 Å². The van der Waals surface area contributed by atoms with Crippen molar-refractivity contribution in [1.29, 1.82) is 0 Å². The fourth-order valence-electron chi connectivity index (χ4n) is 2.57. The van der Waals surface area contributed by atoms with Gasteiger partial charge < -0.3 is 15.3 Å². The first-order valence-corrected chi connectivity index (χ1v) is 7.91. The lowest BCUT2D eigenvalue weighted by Crippen LogP contribution is -2.47. The summed E-state index contributed by atoms with van der Waals surface area (Å²) >= 11 is 5.82. The van der Waals surface area contributed by atoms with E-state index in [1.807, 2.05) is 11.8 Å². The van der Waals surface area contributed by atoms with Gasteiger partial charge >= 0.3 is 0 Å². The summed E-state index contributed by atoms with van der Waals surface area (Å²) in [5, 5.41) is 13.9. The number of likely N-dealkylation sites (tertiary alicyclic amines) is 1. The molecule has 1 fully saturated rings. The summed E-state index contributed by atoms with van der Waals surface area (Å²) in [4.78, 5) is 14.2. The third-order valence-electron chi connectivity index (χ3n) is 3.91.